The van der Waals surface area contributed by atoms with Gasteiger partial charge in [-0.15, -0.1) is 6.58 Å². The molecule has 1 aliphatic heterocycles. The third kappa shape index (κ3) is 4.09. The second-order valence-electron chi connectivity index (χ2n) is 6.44. The number of carbonyl (C=O) groups excluding carboxylic acids is 1. The number of hydrogen-bond donors (Lipinski definition) is 1. The smallest absolute Gasteiger partial charge is 0.323 e. The van der Waals surface area contributed by atoms with Crippen LogP contribution in [-0.4, -0.2) is 42.8 Å². The van der Waals surface area contributed by atoms with Crippen LogP contribution in [0.4, 0.5) is 0 Å². The van der Waals surface area contributed by atoms with Crippen molar-refractivity contribution in [2.45, 2.75) is 38.8 Å². The summed E-state index contributed by atoms with van der Waals surface area (Å²) in [5.74, 6) is 0.928. The van der Waals surface area contributed by atoms with Crippen LogP contribution in [0, 0.1) is 5.92 Å². The summed E-state index contributed by atoms with van der Waals surface area (Å²) in [7, 11) is 2.97. The van der Waals surface area contributed by atoms with Gasteiger partial charge < -0.3 is 14.6 Å². The van der Waals surface area contributed by atoms with Gasteiger partial charge in [0, 0.05) is 12.1 Å². The first kappa shape index (κ1) is 18.3. The minimum atomic E-state index is -0.221. The molecule has 24 heavy (non-hydrogen) atoms. The van der Waals surface area contributed by atoms with Crippen molar-refractivity contribution < 1.29 is 19.4 Å². The minimum Gasteiger partial charge on any atom is -0.504 e. The average molecular weight is 333 g/mol. The summed E-state index contributed by atoms with van der Waals surface area (Å²) in [5.41, 5.74) is 1.78. The Bertz CT molecular complexity index is 599. The van der Waals surface area contributed by atoms with Crippen LogP contribution in [0.3, 0.4) is 0 Å². The molecule has 1 heterocycles. The summed E-state index contributed by atoms with van der Waals surface area (Å²) >= 11 is 0. The van der Waals surface area contributed by atoms with Gasteiger partial charge in [-0.3, -0.25) is 9.69 Å². The van der Waals surface area contributed by atoms with Gasteiger partial charge in [0.25, 0.3) is 0 Å². The van der Waals surface area contributed by atoms with E-state index in [1.165, 1.54) is 14.2 Å². The maximum atomic E-state index is 12.1. The molecule has 132 valence electrons. The van der Waals surface area contributed by atoms with Crippen LogP contribution in [0.5, 0.6) is 11.5 Å². The zero-order valence-electron chi connectivity index (χ0n) is 14.7. The average Bonchev–Trinajstić information content (AvgIpc) is 2.58. The van der Waals surface area contributed by atoms with E-state index in [4.69, 9.17) is 9.47 Å². The van der Waals surface area contributed by atoms with E-state index in [9.17, 15) is 9.90 Å². The molecule has 1 N–H and O–H groups in total. The van der Waals surface area contributed by atoms with Gasteiger partial charge >= 0.3 is 5.97 Å². The third-order valence-electron chi connectivity index (χ3n) is 4.63. The molecule has 0 amide bonds. The number of phenolic OH excluding ortho intramolecular Hbond substituents is 1. The number of methoxy groups -OCH3 is 2. The van der Waals surface area contributed by atoms with Gasteiger partial charge in [0.2, 0.25) is 0 Å². The fourth-order valence-corrected chi connectivity index (χ4v) is 3.28. The molecule has 0 bridgehead atoms. The first-order valence-corrected chi connectivity index (χ1v) is 8.31. The Kier molecular flexibility index (Phi) is 6.26. The summed E-state index contributed by atoms with van der Waals surface area (Å²) in [5, 5.41) is 10.2. The largest absolute Gasteiger partial charge is 0.504 e. The van der Waals surface area contributed by atoms with Crippen LogP contribution in [-0.2, 0) is 22.5 Å². The van der Waals surface area contributed by atoms with E-state index in [-0.39, 0.29) is 17.8 Å². The van der Waals surface area contributed by atoms with Crippen molar-refractivity contribution in [3.63, 3.8) is 0 Å². The summed E-state index contributed by atoms with van der Waals surface area (Å²) in [6.45, 7) is 7.36. The normalized spacial score (nSPS) is 21.3. The predicted octanol–water partition coefficient (Wildman–Crippen LogP) is 2.90. The van der Waals surface area contributed by atoms with Crippen LogP contribution >= 0.6 is 0 Å². The van der Waals surface area contributed by atoms with E-state index in [2.05, 4.69) is 18.4 Å². The number of esters is 1. The van der Waals surface area contributed by atoms with E-state index >= 15 is 0 Å². The van der Waals surface area contributed by atoms with Gasteiger partial charge in [-0.1, -0.05) is 19.1 Å². The van der Waals surface area contributed by atoms with Gasteiger partial charge in [0.1, 0.15) is 6.04 Å². The molecular weight excluding hydrogens is 306 g/mol. The Balaban J connectivity index is 2.26. The number of piperidine rings is 1. The van der Waals surface area contributed by atoms with Crippen LogP contribution < -0.4 is 4.74 Å². The molecule has 2 rings (SSSR count). The zero-order valence-corrected chi connectivity index (χ0v) is 14.7. The van der Waals surface area contributed by atoms with Crippen molar-refractivity contribution in [3.05, 3.63) is 35.9 Å². The minimum absolute atomic E-state index is 0.151. The molecular formula is C19H27NO4. The number of aromatic hydroxyl groups is 1. The molecule has 5 heteroatoms. The first-order valence-electron chi connectivity index (χ1n) is 8.31. The van der Waals surface area contributed by atoms with Crippen LogP contribution in [0.25, 0.3) is 0 Å². The molecule has 0 radical (unpaired) electrons. The Labute approximate surface area is 143 Å². The number of nitrogens with zero attached hydrogens (tertiary/aromatic N) is 1. The summed E-state index contributed by atoms with van der Waals surface area (Å²) < 4.78 is 10.3. The summed E-state index contributed by atoms with van der Waals surface area (Å²) in [6, 6.07) is 3.56. The number of likely N-dealkylation sites (tertiary alicyclic amines) is 1. The van der Waals surface area contributed by atoms with Gasteiger partial charge in [-0.2, -0.15) is 0 Å². The number of phenols is 1. The third-order valence-corrected chi connectivity index (χ3v) is 4.63. The van der Waals surface area contributed by atoms with Gasteiger partial charge in [0.15, 0.2) is 11.5 Å². The van der Waals surface area contributed by atoms with Gasteiger partial charge in [-0.05, 0) is 43.4 Å². The topological polar surface area (TPSA) is 59.0 Å². The Morgan fingerprint density at radius 3 is 2.83 bits per heavy atom. The maximum absolute atomic E-state index is 12.1. The highest BCUT2D eigenvalue weighted by molar-refractivity contribution is 5.75. The molecule has 1 saturated heterocycles. The fourth-order valence-electron chi connectivity index (χ4n) is 3.28. The van der Waals surface area contributed by atoms with E-state index in [0.29, 0.717) is 24.6 Å². The number of carbonyl (C=O) groups is 1. The lowest BCUT2D eigenvalue weighted by atomic mass is 9.92. The number of allylic oxidation sites excluding steroid dienone is 1. The Hall–Kier alpha value is -2.01. The molecule has 2 atom stereocenters. The first-order chi connectivity index (χ1) is 11.5. The number of benzene rings is 1. The lowest BCUT2D eigenvalue weighted by molar-refractivity contribution is -0.149. The zero-order chi connectivity index (χ0) is 17.7. The monoisotopic (exact) mass is 333 g/mol. The summed E-state index contributed by atoms with van der Waals surface area (Å²) in [4.78, 5) is 14.3. The van der Waals surface area contributed by atoms with Crippen molar-refractivity contribution in [2.75, 3.05) is 20.8 Å². The highest BCUT2D eigenvalue weighted by atomic mass is 16.5. The molecule has 0 aliphatic carbocycles. The van der Waals surface area contributed by atoms with Crippen molar-refractivity contribution in [1.82, 2.24) is 4.90 Å². The number of rotatable bonds is 6. The highest BCUT2D eigenvalue weighted by Crippen LogP contribution is 2.33. The Morgan fingerprint density at radius 2 is 2.21 bits per heavy atom. The molecule has 1 aromatic rings. The van der Waals surface area contributed by atoms with Crippen LogP contribution in [0.2, 0.25) is 0 Å². The molecule has 0 saturated carbocycles. The maximum Gasteiger partial charge on any atom is 0.323 e. The van der Waals surface area contributed by atoms with E-state index in [1.54, 1.807) is 6.08 Å². The van der Waals surface area contributed by atoms with Crippen LogP contribution in [0.15, 0.2) is 24.8 Å². The lowest BCUT2D eigenvalue weighted by Crippen LogP contribution is -2.46. The predicted molar refractivity (Wildman–Crippen MR) is 93.2 cm³/mol. The molecule has 1 aromatic carbocycles. The van der Waals surface area contributed by atoms with E-state index in [1.807, 2.05) is 12.1 Å². The van der Waals surface area contributed by atoms with Crippen molar-refractivity contribution in [3.8, 4) is 11.5 Å². The van der Waals surface area contributed by atoms with Gasteiger partial charge in [-0.25, -0.2) is 0 Å². The molecule has 0 unspecified atom stereocenters. The van der Waals surface area contributed by atoms with Crippen molar-refractivity contribution >= 4 is 5.97 Å². The van der Waals surface area contributed by atoms with Crippen molar-refractivity contribution in [2.24, 2.45) is 5.92 Å². The Morgan fingerprint density at radius 1 is 1.46 bits per heavy atom. The van der Waals surface area contributed by atoms with Gasteiger partial charge in [0.05, 0.1) is 14.2 Å². The van der Waals surface area contributed by atoms with E-state index < -0.39 is 0 Å². The molecule has 1 fully saturated rings. The van der Waals surface area contributed by atoms with Crippen molar-refractivity contribution in [1.29, 1.82) is 0 Å². The van der Waals surface area contributed by atoms with Crippen LogP contribution in [0.1, 0.15) is 30.9 Å². The molecule has 0 spiro atoms. The fraction of sp³-hybridized carbons (Fsp3) is 0.526. The number of ether oxygens (including phenoxy) is 2. The SMILES string of the molecule is C=CCc1cc(CN2CC[C@H](C)C[C@H]2C(=O)OC)cc(OC)c1O. The van der Waals surface area contributed by atoms with E-state index in [0.717, 1.165) is 30.5 Å². The standard InChI is InChI=1S/C19H27NO4/c1-5-6-15-10-14(11-17(23-3)18(15)21)12-20-8-7-13(2)9-16(20)19(22)24-4/h5,10-11,13,16,21H,1,6-9,12H2,2-4H3/t13-,16-/m0/s1. The lowest BCUT2D eigenvalue weighted by Gasteiger charge is -2.36. The quantitative estimate of drug-likeness (QED) is 0.641. The molecule has 1 aliphatic rings. The molecule has 0 aromatic heterocycles. The number of hydrogen-bond acceptors (Lipinski definition) is 5. The second-order valence-corrected chi connectivity index (χ2v) is 6.44. The molecule has 5 nitrogen and oxygen atoms in total. The second kappa shape index (κ2) is 8.20. The summed E-state index contributed by atoms with van der Waals surface area (Å²) in [6.07, 6.45) is 4.18. The highest BCUT2D eigenvalue weighted by Gasteiger charge is 2.32.